The van der Waals surface area contributed by atoms with E-state index in [0.717, 1.165) is 19.3 Å². The van der Waals surface area contributed by atoms with Crippen LogP contribution in [0, 0.1) is 5.41 Å². The summed E-state index contributed by atoms with van der Waals surface area (Å²) in [6.45, 7) is 4.30. The van der Waals surface area contributed by atoms with Crippen LogP contribution in [0.1, 0.15) is 33.1 Å². The zero-order valence-electron chi connectivity index (χ0n) is 5.65. The minimum absolute atomic E-state index is 0.0255. The maximum Gasteiger partial charge on any atom is 0.0603 e. The first-order valence-corrected chi connectivity index (χ1v) is 3.43. The first-order valence-electron chi connectivity index (χ1n) is 3.43. The van der Waals surface area contributed by atoms with Crippen LogP contribution in [0.3, 0.4) is 0 Å². The van der Waals surface area contributed by atoms with Gasteiger partial charge in [0.2, 0.25) is 0 Å². The Morgan fingerprint density at radius 1 is 1.50 bits per heavy atom. The number of hydrogen-bond acceptors (Lipinski definition) is 1. The summed E-state index contributed by atoms with van der Waals surface area (Å²) in [5.74, 6) is 0. The van der Waals surface area contributed by atoms with Gasteiger partial charge in [0, 0.05) is 0 Å². The molecule has 0 aromatic rings. The zero-order valence-corrected chi connectivity index (χ0v) is 5.65. The smallest absolute Gasteiger partial charge is 0.0603 e. The van der Waals surface area contributed by atoms with Gasteiger partial charge >= 0.3 is 0 Å². The van der Waals surface area contributed by atoms with Gasteiger partial charge in [-0.1, -0.05) is 13.8 Å². The number of hydrogen-bond donors (Lipinski definition) is 1. The Hall–Kier alpha value is -0.0400. The highest BCUT2D eigenvalue weighted by Gasteiger charge is 2.49. The van der Waals surface area contributed by atoms with Crippen LogP contribution in [-0.4, -0.2) is 11.2 Å². The molecule has 0 aliphatic heterocycles. The summed E-state index contributed by atoms with van der Waals surface area (Å²) < 4.78 is 0. The van der Waals surface area contributed by atoms with Crippen LogP contribution in [0.15, 0.2) is 0 Å². The third kappa shape index (κ3) is 0.655. The molecular formula is C7H14O. The van der Waals surface area contributed by atoms with Crippen molar-refractivity contribution in [3.05, 3.63) is 0 Å². The van der Waals surface area contributed by atoms with Crippen LogP contribution in [0.4, 0.5) is 0 Å². The minimum atomic E-state index is 0.0255. The fraction of sp³-hybridized carbons (Fsp3) is 1.00. The standard InChI is InChI=1S/C7H14O/c1-3-7(4-2)5-6(7)8/h6,8H,3-5H2,1-2H3. The molecule has 0 radical (unpaired) electrons. The van der Waals surface area contributed by atoms with Gasteiger partial charge in [-0.05, 0) is 24.7 Å². The molecule has 0 saturated heterocycles. The average Bonchev–Trinajstić information content (AvgIpc) is 2.43. The third-order valence-corrected chi connectivity index (χ3v) is 2.55. The lowest BCUT2D eigenvalue weighted by Crippen LogP contribution is -2.02. The van der Waals surface area contributed by atoms with Crippen LogP contribution in [0.5, 0.6) is 0 Å². The van der Waals surface area contributed by atoms with Crippen molar-refractivity contribution >= 4 is 0 Å². The Bertz CT molecular complexity index is 78.9. The van der Waals surface area contributed by atoms with E-state index in [1.165, 1.54) is 0 Å². The fourth-order valence-corrected chi connectivity index (χ4v) is 1.34. The molecule has 48 valence electrons. The predicted octanol–water partition coefficient (Wildman–Crippen LogP) is 1.56. The second kappa shape index (κ2) is 1.73. The molecule has 1 nitrogen and oxygen atoms in total. The molecule has 1 fully saturated rings. The highest BCUT2D eigenvalue weighted by atomic mass is 16.3. The van der Waals surface area contributed by atoms with Crippen LogP contribution >= 0.6 is 0 Å². The molecule has 0 aromatic heterocycles. The van der Waals surface area contributed by atoms with Crippen molar-refractivity contribution < 1.29 is 5.11 Å². The minimum Gasteiger partial charge on any atom is -0.393 e. The van der Waals surface area contributed by atoms with Gasteiger partial charge in [-0.3, -0.25) is 0 Å². The van der Waals surface area contributed by atoms with Crippen molar-refractivity contribution in [2.75, 3.05) is 0 Å². The average molecular weight is 114 g/mol. The summed E-state index contributed by atoms with van der Waals surface area (Å²) in [5, 5.41) is 9.08. The van der Waals surface area contributed by atoms with E-state index in [-0.39, 0.29) is 6.10 Å². The fourth-order valence-electron chi connectivity index (χ4n) is 1.34. The summed E-state index contributed by atoms with van der Waals surface area (Å²) >= 11 is 0. The molecule has 0 bridgehead atoms. The molecule has 1 saturated carbocycles. The molecule has 1 rings (SSSR count). The van der Waals surface area contributed by atoms with Gasteiger partial charge in [-0.25, -0.2) is 0 Å². The van der Waals surface area contributed by atoms with Crippen molar-refractivity contribution in [1.29, 1.82) is 0 Å². The van der Waals surface area contributed by atoms with Crippen molar-refractivity contribution in [2.24, 2.45) is 5.41 Å². The van der Waals surface area contributed by atoms with E-state index in [1.54, 1.807) is 0 Å². The molecular weight excluding hydrogens is 100 g/mol. The summed E-state index contributed by atoms with van der Waals surface area (Å²) in [6.07, 6.45) is 3.35. The van der Waals surface area contributed by atoms with Crippen LogP contribution in [0.25, 0.3) is 0 Å². The maximum absolute atomic E-state index is 9.08. The zero-order chi connectivity index (χ0) is 6.20. The maximum atomic E-state index is 9.08. The van der Waals surface area contributed by atoms with Gasteiger partial charge in [0.1, 0.15) is 0 Å². The summed E-state index contributed by atoms with van der Waals surface area (Å²) in [5.41, 5.74) is 0.347. The van der Waals surface area contributed by atoms with E-state index in [4.69, 9.17) is 5.11 Å². The van der Waals surface area contributed by atoms with Gasteiger partial charge in [0.15, 0.2) is 0 Å². The Morgan fingerprint density at radius 3 is 1.88 bits per heavy atom. The third-order valence-electron chi connectivity index (χ3n) is 2.55. The lowest BCUT2D eigenvalue weighted by atomic mass is 10.0. The Kier molecular flexibility index (Phi) is 1.31. The Morgan fingerprint density at radius 2 is 1.88 bits per heavy atom. The van der Waals surface area contributed by atoms with Gasteiger partial charge < -0.3 is 5.11 Å². The van der Waals surface area contributed by atoms with Gasteiger partial charge in [-0.2, -0.15) is 0 Å². The van der Waals surface area contributed by atoms with E-state index in [0.29, 0.717) is 5.41 Å². The topological polar surface area (TPSA) is 20.2 Å². The predicted molar refractivity (Wildman–Crippen MR) is 33.6 cm³/mol. The van der Waals surface area contributed by atoms with Crippen molar-refractivity contribution in [1.82, 2.24) is 0 Å². The van der Waals surface area contributed by atoms with Gasteiger partial charge in [0.05, 0.1) is 6.10 Å². The van der Waals surface area contributed by atoms with Crippen molar-refractivity contribution in [3.8, 4) is 0 Å². The van der Waals surface area contributed by atoms with E-state index < -0.39 is 0 Å². The first-order chi connectivity index (χ1) is 3.75. The molecule has 1 heteroatoms. The van der Waals surface area contributed by atoms with Crippen LogP contribution < -0.4 is 0 Å². The first kappa shape index (κ1) is 6.09. The summed E-state index contributed by atoms with van der Waals surface area (Å²) in [4.78, 5) is 0. The lowest BCUT2D eigenvalue weighted by Gasteiger charge is -2.06. The molecule has 1 N–H and O–H groups in total. The largest absolute Gasteiger partial charge is 0.393 e. The number of aliphatic hydroxyl groups is 1. The second-order valence-corrected chi connectivity index (χ2v) is 2.79. The SMILES string of the molecule is CCC1(CC)CC1O. The lowest BCUT2D eigenvalue weighted by molar-refractivity contribution is 0.212. The molecule has 1 aliphatic rings. The number of aliphatic hydroxyl groups excluding tert-OH is 1. The van der Waals surface area contributed by atoms with Crippen LogP contribution in [0.2, 0.25) is 0 Å². The molecule has 8 heavy (non-hydrogen) atoms. The Labute approximate surface area is 50.7 Å². The van der Waals surface area contributed by atoms with Crippen molar-refractivity contribution in [3.63, 3.8) is 0 Å². The highest BCUT2D eigenvalue weighted by Crippen LogP contribution is 2.51. The Balaban J connectivity index is 2.39. The van der Waals surface area contributed by atoms with Gasteiger partial charge in [-0.15, -0.1) is 0 Å². The van der Waals surface area contributed by atoms with Gasteiger partial charge in [0.25, 0.3) is 0 Å². The molecule has 1 aliphatic carbocycles. The molecule has 0 aromatic carbocycles. The van der Waals surface area contributed by atoms with E-state index >= 15 is 0 Å². The molecule has 1 unspecified atom stereocenters. The van der Waals surface area contributed by atoms with E-state index in [9.17, 15) is 0 Å². The van der Waals surface area contributed by atoms with Crippen LogP contribution in [-0.2, 0) is 0 Å². The molecule has 0 amide bonds. The quantitative estimate of drug-likeness (QED) is 0.577. The normalized spacial score (nSPS) is 32.6. The molecule has 1 atom stereocenters. The monoisotopic (exact) mass is 114 g/mol. The summed E-state index contributed by atoms with van der Waals surface area (Å²) in [6, 6.07) is 0. The second-order valence-electron chi connectivity index (χ2n) is 2.79. The van der Waals surface area contributed by atoms with E-state index in [1.807, 2.05) is 0 Å². The number of rotatable bonds is 2. The summed E-state index contributed by atoms with van der Waals surface area (Å²) in [7, 11) is 0. The molecule has 0 spiro atoms. The van der Waals surface area contributed by atoms with Crippen molar-refractivity contribution in [2.45, 2.75) is 39.2 Å². The molecule has 0 heterocycles. The highest BCUT2D eigenvalue weighted by molar-refractivity contribution is 5.00. The van der Waals surface area contributed by atoms with E-state index in [2.05, 4.69) is 13.8 Å².